The van der Waals surface area contributed by atoms with Crippen molar-refractivity contribution in [2.45, 2.75) is 0 Å². The Hall–Kier alpha value is -1.46. The van der Waals surface area contributed by atoms with Crippen LogP contribution in [0.15, 0.2) is 40.9 Å². The summed E-state index contributed by atoms with van der Waals surface area (Å²) in [6.45, 7) is 0. The second kappa shape index (κ2) is 5.67. The van der Waals surface area contributed by atoms with Crippen LogP contribution in [-0.4, -0.2) is 5.91 Å². The van der Waals surface area contributed by atoms with E-state index in [0.29, 0.717) is 0 Å². The summed E-state index contributed by atoms with van der Waals surface area (Å²) >= 11 is 8.51. The molecule has 0 aliphatic carbocycles. The SMILES string of the molecule is O=C(Nc1ccc(Cl)c(F)c1)c1cccc(Br)c1F. The van der Waals surface area contributed by atoms with E-state index in [0.717, 1.165) is 6.07 Å². The summed E-state index contributed by atoms with van der Waals surface area (Å²) in [7, 11) is 0. The molecule has 98 valence electrons. The Morgan fingerprint density at radius 2 is 1.95 bits per heavy atom. The molecular weight excluding hydrogens is 340 g/mol. The fourth-order valence-corrected chi connectivity index (χ4v) is 1.94. The molecule has 0 radical (unpaired) electrons. The number of anilines is 1. The first-order valence-corrected chi connectivity index (χ1v) is 6.36. The van der Waals surface area contributed by atoms with E-state index in [9.17, 15) is 13.6 Å². The van der Waals surface area contributed by atoms with Crippen LogP contribution in [0.1, 0.15) is 10.4 Å². The zero-order chi connectivity index (χ0) is 14.0. The average Bonchev–Trinajstić information content (AvgIpc) is 2.37. The summed E-state index contributed by atoms with van der Waals surface area (Å²) in [5.74, 6) is -2.00. The third-order valence-electron chi connectivity index (χ3n) is 2.37. The van der Waals surface area contributed by atoms with Gasteiger partial charge >= 0.3 is 0 Å². The second-order valence-electron chi connectivity index (χ2n) is 3.68. The van der Waals surface area contributed by atoms with Crippen molar-refractivity contribution in [2.24, 2.45) is 0 Å². The van der Waals surface area contributed by atoms with Crippen molar-refractivity contribution < 1.29 is 13.6 Å². The molecule has 0 saturated heterocycles. The lowest BCUT2D eigenvalue weighted by Crippen LogP contribution is -2.14. The van der Waals surface area contributed by atoms with Crippen molar-refractivity contribution in [1.29, 1.82) is 0 Å². The van der Waals surface area contributed by atoms with Gasteiger partial charge in [0.15, 0.2) is 0 Å². The molecule has 0 spiro atoms. The fraction of sp³-hybridized carbons (Fsp3) is 0. The van der Waals surface area contributed by atoms with Gasteiger partial charge in [0.1, 0.15) is 11.6 Å². The van der Waals surface area contributed by atoms with E-state index in [1.54, 1.807) is 0 Å². The van der Waals surface area contributed by atoms with Crippen LogP contribution < -0.4 is 5.32 Å². The Labute approximate surface area is 121 Å². The molecule has 0 unspecified atom stereocenters. The summed E-state index contributed by atoms with van der Waals surface area (Å²) in [5.41, 5.74) is 0.0657. The smallest absolute Gasteiger partial charge is 0.258 e. The summed E-state index contributed by atoms with van der Waals surface area (Å²) < 4.78 is 27.1. The van der Waals surface area contributed by atoms with Crippen molar-refractivity contribution >= 4 is 39.1 Å². The van der Waals surface area contributed by atoms with Gasteiger partial charge in [0.2, 0.25) is 0 Å². The Morgan fingerprint density at radius 1 is 1.21 bits per heavy atom. The number of amides is 1. The molecule has 0 fully saturated rings. The van der Waals surface area contributed by atoms with Crippen LogP contribution in [0.4, 0.5) is 14.5 Å². The Bertz CT molecular complexity index is 649. The predicted octanol–water partition coefficient (Wildman–Crippen LogP) is 4.63. The van der Waals surface area contributed by atoms with Crippen molar-refractivity contribution in [3.63, 3.8) is 0 Å². The first-order chi connectivity index (χ1) is 8.99. The lowest BCUT2D eigenvalue weighted by atomic mass is 10.2. The summed E-state index contributed by atoms with van der Waals surface area (Å²) in [6.07, 6.45) is 0. The van der Waals surface area contributed by atoms with Gasteiger partial charge in [-0.3, -0.25) is 4.79 Å². The first-order valence-electron chi connectivity index (χ1n) is 5.19. The van der Waals surface area contributed by atoms with Crippen LogP contribution in [0.3, 0.4) is 0 Å². The van der Waals surface area contributed by atoms with Crippen LogP contribution in [0.2, 0.25) is 5.02 Å². The molecule has 6 heteroatoms. The lowest BCUT2D eigenvalue weighted by Gasteiger charge is -2.07. The van der Waals surface area contributed by atoms with Gasteiger partial charge < -0.3 is 5.32 Å². The molecule has 0 atom stereocenters. The molecule has 1 amide bonds. The average molecular weight is 347 g/mol. The maximum absolute atomic E-state index is 13.7. The lowest BCUT2D eigenvalue weighted by molar-refractivity contribution is 0.102. The monoisotopic (exact) mass is 345 g/mol. The van der Waals surface area contributed by atoms with Gasteiger partial charge in [-0.2, -0.15) is 0 Å². The van der Waals surface area contributed by atoms with Crippen molar-refractivity contribution in [3.05, 3.63) is 63.1 Å². The second-order valence-corrected chi connectivity index (χ2v) is 4.95. The molecule has 0 bridgehead atoms. The Morgan fingerprint density at radius 3 is 2.63 bits per heavy atom. The zero-order valence-electron chi connectivity index (χ0n) is 9.38. The zero-order valence-corrected chi connectivity index (χ0v) is 11.7. The number of hydrogen-bond acceptors (Lipinski definition) is 1. The normalized spacial score (nSPS) is 10.3. The molecule has 1 N–H and O–H groups in total. The number of halogens is 4. The highest BCUT2D eigenvalue weighted by Crippen LogP contribution is 2.22. The topological polar surface area (TPSA) is 29.1 Å². The van der Waals surface area contributed by atoms with Crippen molar-refractivity contribution in [3.8, 4) is 0 Å². The van der Waals surface area contributed by atoms with Crippen LogP contribution in [-0.2, 0) is 0 Å². The van der Waals surface area contributed by atoms with Gasteiger partial charge in [0, 0.05) is 5.69 Å². The number of rotatable bonds is 2. The summed E-state index contributed by atoms with van der Waals surface area (Å²) in [4.78, 5) is 11.9. The predicted molar refractivity (Wildman–Crippen MR) is 73.5 cm³/mol. The van der Waals surface area contributed by atoms with Gasteiger partial charge in [-0.15, -0.1) is 0 Å². The maximum atomic E-state index is 13.7. The van der Waals surface area contributed by atoms with Crippen LogP contribution in [0, 0.1) is 11.6 Å². The van der Waals surface area contributed by atoms with Crippen LogP contribution in [0.25, 0.3) is 0 Å². The molecule has 2 aromatic rings. The highest BCUT2D eigenvalue weighted by atomic mass is 79.9. The van der Waals surface area contributed by atoms with Gasteiger partial charge in [0.25, 0.3) is 5.91 Å². The van der Waals surface area contributed by atoms with Gasteiger partial charge in [-0.1, -0.05) is 17.7 Å². The number of carbonyl (C=O) groups is 1. The third kappa shape index (κ3) is 3.11. The Kier molecular flexibility index (Phi) is 4.17. The van der Waals surface area contributed by atoms with E-state index in [4.69, 9.17) is 11.6 Å². The quantitative estimate of drug-likeness (QED) is 0.844. The minimum absolute atomic E-state index is 0.0494. The molecule has 0 saturated carbocycles. The van der Waals surface area contributed by atoms with E-state index in [2.05, 4.69) is 21.2 Å². The number of hydrogen-bond donors (Lipinski definition) is 1. The fourth-order valence-electron chi connectivity index (χ4n) is 1.45. The summed E-state index contributed by atoms with van der Waals surface area (Å²) in [6, 6.07) is 8.15. The minimum atomic E-state index is -0.672. The molecular formula is C13H7BrClF2NO. The van der Waals surface area contributed by atoms with E-state index in [1.807, 2.05) is 0 Å². The van der Waals surface area contributed by atoms with E-state index in [1.165, 1.54) is 30.3 Å². The molecule has 2 nitrogen and oxygen atoms in total. The van der Waals surface area contributed by atoms with E-state index in [-0.39, 0.29) is 20.7 Å². The minimum Gasteiger partial charge on any atom is -0.322 e. The third-order valence-corrected chi connectivity index (χ3v) is 3.29. The molecule has 2 aromatic carbocycles. The first kappa shape index (κ1) is 14.0. The molecule has 0 heterocycles. The number of carbonyl (C=O) groups excluding carboxylic acids is 1. The molecule has 19 heavy (non-hydrogen) atoms. The summed E-state index contributed by atoms with van der Waals surface area (Å²) in [5, 5.41) is 2.35. The molecule has 0 aliphatic rings. The highest BCUT2D eigenvalue weighted by molar-refractivity contribution is 9.10. The Balaban J connectivity index is 2.26. The number of benzene rings is 2. The standard InChI is InChI=1S/C13H7BrClF2NO/c14-9-3-1-2-8(12(9)17)13(19)18-7-4-5-10(15)11(16)6-7/h1-6H,(H,18,19). The van der Waals surface area contributed by atoms with Gasteiger partial charge in [-0.05, 0) is 46.3 Å². The molecule has 0 aromatic heterocycles. The van der Waals surface area contributed by atoms with Gasteiger partial charge in [0.05, 0.1) is 15.1 Å². The largest absolute Gasteiger partial charge is 0.322 e. The molecule has 2 rings (SSSR count). The van der Waals surface area contributed by atoms with Crippen LogP contribution >= 0.6 is 27.5 Å². The van der Waals surface area contributed by atoms with Crippen molar-refractivity contribution in [1.82, 2.24) is 0 Å². The molecule has 0 aliphatic heterocycles. The van der Waals surface area contributed by atoms with Crippen molar-refractivity contribution in [2.75, 3.05) is 5.32 Å². The van der Waals surface area contributed by atoms with E-state index < -0.39 is 17.5 Å². The number of nitrogens with one attached hydrogen (secondary N) is 1. The highest BCUT2D eigenvalue weighted by Gasteiger charge is 2.14. The van der Waals surface area contributed by atoms with E-state index >= 15 is 0 Å². The van der Waals surface area contributed by atoms with Gasteiger partial charge in [-0.25, -0.2) is 8.78 Å². The maximum Gasteiger partial charge on any atom is 0.258 e. The van der Waals surface area contributed by atoms with Crippen LogP contribution in [0.5, 0.6) is 0 Å².